The number of nitrogens with two attached hydrogens (primary N) is 1. The average molecular weight is 236 g/mol. The minimum atomic E-state index is 0.377. The van der Waals surface area contributed by atoms with Gasteiger partial charge in [0.15, 0.2) is 0 Å². The van der Waals surface area contributed by atoms with Gasteiger partial charge in [0.2, 0.25) is 0 Å². The standard InChI is InChI=1S/C12H14ClN3/c13-11-6-9(7-12(15)10(11)8-14)16-4-2-1-3-5-16/h6-7H,1-5,15H2. The summed E-state index contributed by atoms with van der Waals surface area (Å²) < 4.78 is 0. The van der Waals surface area contributed by atoms with E-state index in [1.165, 1.54) is 19.3 Å². The van der Waals surface area contributed by atoms with Crippen LogP contribution in [0.5, 0.6) is 0 Å². The number of halogens is 1. The number of piperidine rings is 1. The summed E-state index contributed by atoms with van der Waals surface area (Å²) in [4.78, 5) is 2.27. The van der Waals surface area contributed by atoms with E-state index >= 15 is 0 Å². The van der Waals surface area contributed by atoms with Crippen molar-refractivity contribution in [1.82, 2.24) is 0 Å². The van der Waals surface area contributed by atoms with Crippen LogP contribution in [-0.4, -0.2) is 13.1 Å². The van der Waals surface area contributed by atoms with Gasteiger partial charge in [0.05, 0.1) is 16.3 Å². The van der Waals surface area contributed by atoms with E-state index in [-0.39, 0.29) is 0 Å². The molecule has 1 fully saturated rings. The van der Waals surface area contributed by atoms with E-state index in [0.29, 0.717) is 16.3 Å². The Morgan fingerprint density at radius 1 is 1.25 bits per heavy atom. The number of anilines is 2. The quantitative estimate of drug-likeness (QED) is 0.762. The maximum Gasteiger partial charge on any atom is 0.103 e. The number of nitrogens with zero attached hydrogens (tertiary/aromatic N) is 2. The van der Waals surface area contributed by atoms with E-state index < -0.39 is 0 Å². The van der Waals surface area contributed by atoms with Gasteiger partial charge in [-0.2, -0.15) is 5.26 Å². The fourth-order valence-corrected chi connectivity index (χ4v) is 2.33. The smallest absolute Gasteiger partial charge is 0.103 e. The predicted octanol–water partition coefficient (Wildman–Crippen LogP) is 2.78. The number of benzene rings is 1. The largest absolute Gasteiger partial charge is 0.398 e. The molecule has 1 heterocycles. The normalized spacial score (nSPS) is 15.9. The Kier molecular flexibility index (Phi) is 3.21. The van der Waals surface area contributed by atoms with E-state index in [2.05, 4.69) is 4.90 Å². The number of hydrogen-bond acceptors (Lipinski definition) is 3. The Balaban J connectivity index is 2.32. The zero-order chi connectivity index (χ0) is 11.5. The molecular formula is C12H14ClN3. The molecule has 0 unspecified atom stereocenters. The summed E-state index contributed by atoms with van der Waals surface area (Å²) in [5.74, 6) is 0. The Hall–Kier alpha value is -1.40. The molecule has 1 aromatic carbocycles. The summed E-state index contributed by atoms with van der Waals surface area (Å²) in [7, 11) is 0. The molecule has 1 saturated heterocycles. The van der Waals surface area contributed by atoms with Crippen LogP contribution in [0.2, 0.25) is 5.02 Å². The zero-order valence-electron chi connectivity index (χ0n) is 9.04. The minimum absolute atomic E-state index is 0.377. The van der Waals surface area contributed by atoms with Gasteiger partial charge in [-0.3, -0.25) is 0 Å². The molecule has 2 rings (SSSR count). The third-order valence-electron chi connectivity index (χ3n) is 2.94. The highest BCUT2D eigenvalue weighted by Gasteiger charge is 2.14. The Morgan fingerprint density at radius 3 is 2.50 bits per heavy atom. The first-order valence-corrected chi connectivity index (χ1v) is 5.84. The van der Waals surface area contributed by atoms with Crippen molar-refractivity contribution in [3.63, 3.8) is 0 Å². The molecule has 3 nitrogen and oxygen atoms in total. The Morgan fingerprint density at radius 2 is 1.94 bits per heavy atom. The molecule has 4 heteroatoms. The second-order valence-electron chi connectivity index (χ2n) is 4.05. The lowest BCUT2D eigenvalue weighted by Gasteiger charge is -2.29. The monoisotopic (exact) mass is 235 g/mol. The fourth-order valence-electron chi connectivity index (χ4n) is 2.07. The van der Waals surface area contributed by atoms with Crippen LogP contribution in [0.3, 0.4) is 0 Å². The van der Waals surface area contributed by atoms with Crippen molar-refractivity contribution in [2.45, 2.75) is 19.3 Å². The number of rotatable bonds is 1. The maximum atomic E-state index is 8.87. The Labute approximate surface area is 100 Å². The van der Waals surface area contributed by atoms with Gasteiger partial charge in [0.1, 0.15) is 6.07 Å². The molecular weight excluding hydrogens is 222 g/mol. The van der Waals surface area contributed by atoms with Crippen LogP contribution in [0, 0.1) is 11.3 Å². The maximum absolute atomic E-state index is 8.87. The minimum Gasteiger partial charge on any atom is -0.398 e. The lowest BCUT2D eigenvalue weighted by atomic mass is 10.1. The van der Waals surface area contributed by atoms with Crippen molar-refractivity contribution >= 4 is 23.0 Å². The summed E-state index contributed by atoms with van der Waals surface area (Å²) >= 11 is 6.02. The molecule has 0 radical (unpaired) electrons. The van der Waals surface area contributed by atoms with Crippen LogP contribution < -0.4 is 10.6 Å². The van der Waals surface area contributed by atoms with Crippen LogP contribution in [0.4, 0.5) is 11.4 Å². The molecule has 1 aliphatic rings. The highest BCUT2D eigenvalue weighted by molar-refractivity contribution is 6.32. The fraction of sp³-hybridized carbons (Fsp3) is 0.417. The van der Waals surface area contributed by atoms with E-state index in [1.54, 1.807) is 0 Å². The first kappa shape index (κ1) is 11.1. The van der Waals surface area contributed by atoms with Crippen LogP contribution in [0.1, 0.15) is 24.8 Å². The van der Waals surface area contributed by atoms with Crippen molar-refractivity contribution in [1.29, 1.82) is 5.26 Å². The third kappa shape index (κ3) is 2.07. The van der Waals surface area contributed by atoms with Crippen molar-refractivity contribution in [3.05, 3.63) is 22.7 Å². The molecule has 1 aromatic rings. The zero-order valence-corrected chi connectivity index (χ0v) is 9.80. The predicted molar refractivity (Wildman–Crippen MR) is 66.6 cm³/mol. The second kappa shape index (κ2) is 4.63. The Bertz CT molecular complexity index is 407. The summed E-state index contributed by atoms with van der Waals surface area (Å²) in [6, 6.07) is 5.70. The lowest BCUT2D eigenvalue weighted by molar-refractivity contribution is 0.578. The van der Waals surface area contributed by atoms with Crippen molar-refractivity contribution < 1.29 is 0 Å². The molecule has 0 amide bonds. The third-order valence-corrected chi connectivity index (χ3v) is 3.24. The van der Waals surface area contributed by atoms with Gasteiger partial charge in [-0.25, -0.2) is 0 Å². The molecule has 0 bridgehead atoms. The molecule has 1 aliphatic heterocycles. The molecule has 16 heavy (non-hydrogen) atoms. The van der Waals surface area contributed by atoms with Crippen molar-refractivity contribution in [2.75, 3.05) is 23.7 Å². The summed E-state index contributed by atoms with van der Waals surface area (Å²) in [5.41, 5.74) is 7.68. The van der Waals surface area contributed by atoms with Gasteiger partial charge in [0, 0.05) is 18.8 Å². The van der Waals surface area contributed by atoms with E-state index in [1.807, 2.05) is 18.2 Å². The summed E-state index contributed by atoms with van der Waals surface area (Å²) in [5, 5.41) is 9.32. The van der Waals surface area contributed by atoms with Gasteiger partial charge in [-0.1, -0.05) is 11.6 Å². The van der Waals surface area contributed by atoms with E-state index in [0.717, 1.165) is 18.8 Å². The van der Waals surface area contributed by atoms with Gasteiger partial charge in [-0.15, -0.1) is 0 Å². The molecule has 2 N–H and O–H groups in total. The first-order valence-electron chi connectivity index (χ1n) is 5.46. The van der Waals surface area contributed by atoms with Gasteiger partial charge < -0.3 is 10.6 Å². The van der Waals surface area contributed by atoms with Gasteiger partial charge >= 0.3 is 0 Å². The molecule has 0 saturated carbocycles. The van der Waals surface area contributed by atoms with Crippen molar-refractivity contribution in [2.24, 2.45) is 0 Å². The second-order valence-corrected chi connectivity index (χ2v) is 4.46. The van der Waals surface area contributed by atoms with Crippen molar-refractivity contribution in [3.8, 4) is 6.07 Å². The number of nitrogen functional groups attached to an aromatic ring is 1. The molecule has 84 valence electrons. The van der Waals surface area contributed by atoms with Gasteiger partial charge in [-0.05, 0) is 31.4 Å². The van der Waals surface area contributed by atoms with Gasteiger partial charge in [0.25, 0.3) is 0 Å². The van der Waals surface area contributed by atoms with E-state index in [4.69, 9.17) is 22.6 Å². The lowest BCUT2D eigenvalue weighted by Crippen LogP contribution is -2.29. The average Bonchev–Trinajstić information content (AvgIpc) is 2.30. The number of nitriles is 1. The summed E-state index contributed by atoms with van der Waals surface area (Å²) in [6.07, 6.45) is 3.70. The molecule has 0 aliphatic carbocycles. The topological polar surface area (TPSA) is 53.1 Å². The number of hydrogen-bond donors (Lipinski definition) is 1. The first-order chi connectivity index (χ1) is 7.72. The van der Waals surface area contributed by atoms with Crippen LogP contribution >= 0.6 is 11.6 Å². The molecule has 0 aromatic heterocycles. The van der Waals surface area contributed by atoms with Crippen LogP contribution in [-0.2, 0) is 0 Å². The highest BCUT2D eigenvalue weighted by atomic mass is 35.5. The summed E-state index contributed by atoms with van der Waals surface area (Å²) in [6.45, 7) is 2.09. The van der Waals surface area contributed by atoms with Crippen LogP contribution in [0.25, 0.3) is 0 Å². The van der Waals surface area contributed by atoms with Crippen LogP contribution in [0.15, 0.2) is 12.1 Å². The molecule has 0 atom stereocenters. The SMILES string of the molecule is N#Cc1c(N)cc(N2CCCCC2)cc1Cl. The van der Waals surface area contributed by atoms with E-state index in [9.17, 15) is 0 Å². The highest BCUT2D eigenvalue weighted by Crippen LogP contribution is 2.30. The molecule has 0 spiro atoms.